The number of hydrogen-bond acceptors (Lipinski definition) is 2. The Bertz CT molecular complexity index is 324. The fraction of sp³-hybridized carbons (Fsp3) is 0.818. The van der Waals surface area contributed by atoms with Crippen LogP contribution in [0, 0.1) is 5.41 Å². The Hall–Kier alpha value is -1.27. The molecule has 1 rings (SSSR count). The molecule has 0 aromatic rings. The van der Waals surface area contributed by atoms with Gasteiger partial charge in [-0.3, -0.25) is 9.59 Å². The monoisotopic (exact) mass is 267 g/mol. The third-order valence-electron chi connectivity index (χ3n) is 3.22. The summed E-state index contributed by atoms with van der Waals surface area (Å²) in [5, 5.41) is 11.4. The minimum Gasteiger partial charge on any atom is -0.480 e. The first kappa shape index (κ1) is 14.8. The van der Waals surface area contributed by atoms with Gasteiger partial charge in [0.25, 0.3) is 0 Å². The van der Waals surface area contributed by atoms with Crippen molar-refractivity contribution in [2.75, 3.05) is 6.54 Å². The van der Waals surface area contributed by atoms with E-state index in [0.29, 0.717) is 19.3 Å². The zero-order valence-corrected chi connectivity index (χ0v) is 9.85. The lowest BCUT2D eigenvalue weighted by atomic mass is 9.68. The maximum atomic E-state index is 11.8. The molecule has 0 radical (unpaired) electrons. The molecule has 0 atom stereocenters. The van der Waals surface area contributed by atoms with E-state index in [1.165, 1.54) is 0 Å². The average Bonchev–Trinajstić information content (AvgIpc) is 2.12. The van der Waals surface area contributed by atoms with E-state index in [0.717, 1.165) is 0 Å². The van der Waals surface area contributed by atoms with Crippen LogP contribution >= 0.6 is 0 Å². The lowest BCUT2D eigenvalue weighted by Gasteiger charge is -2.35. The van der Waals surface area contributed by atoms with Gasteiger partial charge in [-0.05, 0) is 25.7 Å². The van der Waals surface area contributed by atoms with Gasteiger partial charge < -0.3 is 10.4 Å². The van der Waals surface area contributed by atoms with Crippen molar-refractivity contribution in [3.8, 4) is 0 Å². The molecule has 104 valence electrons. The fourth-order valence-corrected chi connectivity index (χ4v) is 1.89. The van der Waals surface area contributed by atoms with Crippen molar-refractivity contribution in [3.05, 3.63) is 0 Å². The molecular formula is C11H16F3NO3. The van der Waals surface area contributed by atoms with Crippen molar-refractivity contribution in [2.45, 2.75) is 44.7 Å². The van der Waals surface area contributed by atoms with E-state index in [2.05, 4.69) is 5.32 Å². The lowest BCUT2D eigenvalue weighted by molar-refractivity contribution is -0.162. The summed E-state index contributed by atoms with van der Waals surface area (Å²) in [6, 6.07) is 0. The van der Waals surface area contributed by atoms with Crippen LogP contribution in [0.3, 0.4) is 0 Å². The first-order valence-corrected chi connectivity index (χ1v) is 5.86. The van der Waals surface area contributed by atoms with E-state index in [-0.39, 0.29) is 19.4 Å². The van der Waals surface area contributed by atoms with Gasteiger partial charge in [0, 0.05) is 13.0 Å². The van der Waals surface area contributed by atoms with Gasteiger partial charge in [0.15, 0.2) is 0 Å². The van der Waals surface area contributed by atoms with Gasteiger partial charge in [-0.15, -0.1) is 0 Å². The van der Waals surface area contributed by atoms with Crippen molar-refractivity contribution in [2.24, 2.45) is 5.41 Å². The number of hydrogen-bond donors (Lipinski definition) is 2. The molecule has 0 heterocycles. The van der Waals surface area contributed by atoms with E-state index < -0.39 is 29.9 Å². The van der Waals surface area contributed by atoms with Gasteiger partial charge in [-0.1, -0.05) is 6.42 Å². The molecule has 4 nitrogen and oxygen atoms in total. The van der Waals surface area contributed by atoms with Crippen molar-refractivity contribution in [1.29, 1.82) is 0 Å². The van der Waals surface area contributed by atoms with Crippen LogP contribution in [0.5, 0.6) is 0 Å². The number of carboxylic acids is 1. The smallest absolute Gasteiger partial charge is 0.389 e. The first-order valence-electron chi connectivity index (χ1n) is 5.86. The number of carbonyl (C=O) groups is 2. The molecule has 1 saturated carbocycles. The second kappa shape index (κ2) is 5.58. The Kier molecular flexibility index (Phi) is 4.59. The van der Waals surface area contributed by atoms with Crippen LogP contribution in [0.1, 0.15) is 38.5 Å². The molecule has 0 spiro atoms. The summed E-state index contributed by atoms with van der Waals surface area (Å²) in [4.78, 5) is 22.6. The summed E-state index contributed by atoms with van der Waals surface area (Å²) >= 11 is 0. The van der Waals surface area contributed by atoms with Gasteiger partial charge in [0.2, 0.25) is 5.91 Å². The molecule has 2 N–H and O–H groups in total. The van der Waals surface area contributed by atoms with Crippen molar-refractivity contribution < 1.29 is 27.9 Å². The quantitative estimate of drug-likeness (QED) is 0.572. The predicted molar refractivity (Wildman–Crippen MR) is 56.8 cm³/mol. The van der Waals surface area contributed by atoms with E-state index in [1.807, 2.05) is 0 Å². The number of halogens is 3. The Labute approximate surface area is 103 Å². The molecule has 1 amide bonds. The summed E-state index contributed by atoms with van der Waals surface area (Å²) in [6.45, 7) is 0.0872. The Morgan fingerprint density at radius 1 is 1.22 bits per heavy atom. The maximum Gasteiger partial charge on any atom is 0.389 e. The van der Waals surface area contributed by atoms with Crippen LogP contribution in [-0.4, -0.2) is 29.7 Å². The number of rotatable bonds is 6. The van der Waals surface area contributed by atoms with Gasteiger partial charge in [-0.25, -0.2) is 0 Å². The van der Waals surface area contributed by atoms with Crippen molar-refractivity contribution in [3.63, 3.8) is 0 Å². The summed E-state index contributed by atoms with van der Waals surface area (Å²) in [7, 11) is 0. The lowest BCUT2D eigenvalue weighted by Crippen LogP contribution is -2.51. The third-order valence-corrected chi connectivity index (χ3v) is 3.22. The standard InChI is InChI=1S/C11H16F3NO3/c12-11(13,14)6-1-2-7-15-8(16)10(9(17)18)4-3-5-10/h1-7H2,(H,15,16)(H,17,18). The molecule has 1 aliphatic rings. The Morgan fingerprint density at radius 3 is 2.22 bits per heavy atom. The number of nitrogens with one attached hydrogen (secondary N) is 1. The Balaban J connectivity index is 2.23. The third kappa shape index (κ3) is 3.61. The van der Waals surface area contributed by atoms with Crippen LogP contribution in [0.25, 0.3) is 0 Å². The summed E-state index contributed by atoms with van der Waals surface area (Å²) < 4.78 is 35.5. The highest BCUT2D eigenvalue weighted by atomic mass is 19.4. The average molecular weight is 267 g/mol. The summed E-state index contributed by atoms with van der Waals surface area (Å²) in [6.07, 6.45) is -3.64. The van der Waals surface area contributed by atoms with Crippen LogP contribution in [0.2, 0.25) is 0 Å². The molecule has 0 unspecified atom stereocenters. The van der Waals surface area contributed by atoms with Crippen LogP contribution in [-0.2, 0) is 9.59 Å². The minimum absolute atomic E-state index is 0.0656. The summed E-state index contributed by atoms with van der Waals surface area (Å²) in [5.74, 6) is -1.73. The van der Waals surface area contributed by atoms with Crippen LogP contribution in [0.15, 0.2) is 0 Å². The number of carboxylic acid groups (broad SMARTS) is 1. The van der Waals surface area contributed by atoms with Crippen molar-refractivity contribution >= 4 is 11.9 Å². The second-order valence-electron chi connectivity index (χ2n) is 4.57. The van der Waals surface area contributed by atoms with E-state index in [9.17, 15) is 22.8 Å². The second-order valence-corrected chi connectivity index (χ2v) is 4.57. The fourth-order valence-electron chi connectivity index (χ4n) is 1.89. The molecule has 0 aromatic heterocycles. The number of unbranched alkanes of at least 4 members (excludes halogenated alkanes) is 1. The molecular weight excluding hydrogens is 251 g/mol. The summed E-state index contributed by atoms with van der Waals surface area (Å²) in [5.41, 5.74) is -1.34. The van der Waals surface area contributed by atoms with E-state index >= 15 is 0 Å². The van der Waals surface area contributed by atoms with E-state index in [4.69, 9.17) is 5.11 Å². The number of carbonyl (C=O) groups excluding carboxylic acids is 1. The molecule has 1 fully saturated rings. The topological polar surface area (TPSA) is 66.4 Å². The molecule has 0 bridgehead atoms. The minimum atomic E-state index is -4.18. The van der Waals surface area contributed by atoms with Gasteiger partial charge >= 0.3 is 12.1 Å². The maximum absolute atomic E-state index is 11.8. The van der Waals surface area contributed by atoms with Gasteiger partial charge in [-0.2, -0.15) is 13.2 Å². The largest absolute Gasteiger partial charge is 0.480 e. The zero-order valence-electron chi connectivity index (χ0n) is 9.85. The van der Waals surface area contributed by atoms with E-state index in [1.54, 1.807) is 0 Å². The molecule has 1 aliphatic carbocycles. The molecule has 18 heavy (non-hydrogen) atoms. The molecule has 0 saturated heterocycles. The highest BCUT2D eigenvalue weighted by Gasteiger charge is 2.50. The van der Waals surface area contributed by atoms with Crippen LogP contribution in [0.4, 0.5) is 13.2 Å². The normalized spacial score (nSPS) is 17.9. The van der Waals surface area contributed by atoms with Gasteiger partial charge in [0.05, 0.1) is 0 Å². The molecule has 0 aliphatic heterocycles. The predicted octanol–water partition coefficient (Wildman–Crippen LogP) is 2.09. The molecule has 0 aromatic carbocycles. The number of alkyl halides is 3. The van der Waals surface area contributed by atoms with Gasteiger partial charge in [0.1, 0.15) is 5.41 Å². The van der Waals surface area contributed by atoms with Crippen molar-refractivity contribution in [1.82, 2.24) is 5.32 Å². The van der Waals surface area contributed by atoms with Crippen LogP contribution < -0.4 is 5.32 Å². The zero-order chi connectivity index (χ0) is 13.8. The highest BCUT2D eigenvalue weighted by Crippen LogP contribution is 2.41. The first-order chi connectivity index (χ1) is 8.28. The SMILES string of the molecule is O=C(O)C1(C(=O)NCCCCC(F)(F)F)CCC1. The number of aliphatic carboxylic acids is 1. The highest BCUT2D eigenvalue weighted by molar-refractivity contribution is 6.02. The Morgan fingerprint density at radius 2 is 1.83 bits per heavy atom. The number of amides is 1. The molecule has 7 heteroatoms.